The molecule has 2 aromatic rings. The van der Waals surface area contributed by atoms with Gasteiger partial charge in [0.15, 0.2) is 5.78 Å². The van der Waals surface area contributed by atoms with Crippen molar-refractivity contribution in [3.63, 3.8) is 0 Å². The molecule has 20 heavy (non-hydrogen) atoms. The quantitative estimate of drug-likeness (QED) is 0.821. The third kappa shape index (κ3) is 3.09. The zero-order chi connectivity index (χ0) is 14.5. The second-order valence-corrected chi connectivity index (χ2v) is 4.45. The monoisotopic (exact) mass is 272 g/mol. The van der Waals surface area contributed by atoms with Crippen LogP contribution in [-0.2, 0) is 6.42 Å². The normalized spacial score (nSPS) is 10.2. The molecule has 0 bridgehead atoms. The minimum absolute atomic E-state index is 0.0540. The van der Waals surface area contributed by atoms with Crippen molar-refractivity contribution in [3.05, 3.63) is 53.6 Å². The third-order valence-electron chi connectivity index (χ3n) is 3.07. The van der Waals surface area contributed by atoms with E-state index in [0.717, 1.165) is 5.56 Å². The maximum atomic E-state index is 12.1. The van der Waals surface area contributed by atoms with Crippen LogP contribution in [0.2, 0.25) is 0 Å². The van der Waals surface area contributed by atoms with E-state index in [1.807, 2.05) is 30.3 Å². The summed E-state index contributed by atoms with van der Waals surface area (Å²) in [5.41, 5.74) is 0.982. The predicted molar refractivity (Wildman–Crippen MR) is 75.4 cm³/mol. The summed E-state index contributed by atoms with van der Waals surface area (Å²) in [4.78, 5) is 12.1. The van der Waals surface area contributed by atoms with Gasteiger partial charge in [0.05, 0.1) is 7.11 Å². The maximum Gasteiger partial charge on any atom is 0.170 e. The molecule has 104 valence electrons. The van der Waals surface area contributed by atoms with E-state index in [2.05, 4.69) is 0 Å². The Kier molecular flexibility index (Phi) is 4.25. The molecular formula is C16H16O4. The molecule has 0 amide bonds. The zero-order valence-electron chi connectivity index (χ0n) is 11.2. The van der Waals surface area contributed by atoms with Crippen molar-refractivity contribution in [2.75, 3.05) is 7.11 Å². The summed E-state index contributed by atoms with van der Waals surface area (Å²) in [5, 5.41) is 19.6. The largest absolute Gasteiger partial charge is 0.507 e. The van der Waals surface area contributed by atoms with Gasteiger partial charge in [0.2, 0.25) is 0 Å². The molecule has 4 nitrogen and oxygen atoms in total. The lowest BCUT2D eigenvalue weighted by Crippen LogP contribution is -2.02. The number of Topliss-reactive ketones (excluding diaryl/α,β-unsaturated/α-hetero) is 1. The highest BCUT2D eigenvalue weighted by Crippen LogP contribution is 2.33. The number of phenolic OH excluding ortho intramolecular Hbond substituents is 2. The van der Waals surface area contributed by atoms with Gasteiger partial charge in [-0.25, -0.2) is 0 Å². The van der Waals surface area contributed by atoms with Crippen LogP contribution in [-0.4, -0.2) is 23.1 Å². The molecule has 0 radical (unpaired) electrons. The standard InChI is InChI=1S/C16H16O4/c1-20-12-9-14(18)16(15(19)10-12)13(17)8-7-11-5-3-2-4-6-11/h2-6,9-10,18-19H,7-8H2,1H3. The predicted octanol–water partition coefficient (Wildman–Crippen LogP) is 2.92. The Balaban J connectivity index is 2.13. The van der Waals surface area contributed by atoms with E-state index in [4.69, 9.17) is 4.74 Å². The Morgan fingerprint density at radius 2 is 1.70 bits per heavy atom. The van der Waals surface area contributed by atoms with E-state index in [0.29, 0.717) is 12.2 Å². The highest BCUT2D eigenvalue weighted by molar-refractivity contribution is 6.01. The number of rotatable bonds is 5. The summed E-state index contributed by atoms with van der Waals surface area (Å²) in [5.74, 6) is -0.522. The Morgan fingerprint density at radius 3 is 2.25 bits per heavy atom. The van der Waals surface area contributed by atoms with Gasteiger partial charge >= 0.3 is 0 Å². The molecule has 0 spiro atoms. The highest BCUT2D eigenvalue weighted by atomic mass is 16.5. The smallest absolute Gasteiger partial charge is 0.170 e. The summed E-state index contributed by atoms with van der Waals surface area (Å²) in [6, 6.07) is 12.2. The van der Waals surface area contributed by atoms with E-state index in [1.165, 1.54) is 19.2 Å². The first-order valence-electron chi connectivity index (χ1n) is 6.29. The second kappa shape index (κ2) is 6.10. The summed E-state index contributed by atoms with van der Waals surface area (Å²) in [7, 11) is 1.42. The Hall–Kier alpha value is -2.49. The van der Waals surface area contributed by atoms with Crippen LogP contribution in [0.25, 0.3) is 0 Å². The van der Waals surface area contributed by atoms with Crippen LogP contribution in [0.1, 0.15) is 22.3 Å². The van der Waals surface area contributed by atoms with Crippen LogP contribution in [0.3, 0.4) is 0 Å². The number of hydrogen-bond donors (Lipinski definition) is 2. The fourth-order valence-electron chi connectivity index (χ4n) is 2.02. The van der Waals surface area contributed by atoms with E-state index in [-0.39, 0.29) is 29.3 Å². The number of aryl methyl sites for hydroxylation is 1. The van der Waals surface area contributed by atoms with Crippen molar-refractivity contribution in [3.8, 4) is 17.2 Å². The van der Waals surface area contributed by atoms with Crippen molar-refractivity contribution in [2.45, 2.75) is 12.8 Å². The average Bonchev–Trinajstić information content (AvgIpc) is 2.45. The molecule has 0 aliphatic heterocycles. The van der Waals surface area contributed by atoms with Gasteiger partial charge in [-0.2, -0.15) is 0 Å². The second-order valence-electron chi connectivity index (χ2n) is 4.45. The van der Waals surface area contributed by atoms with E-state index in [1.54, 1.807) is 0 Å². The van der Waals surface area contributed by atoms with Crippen molar-refractivity contribution in [2.24, 2.45) is 0 Å². The van der Waals surface area contributed by atoms with Gasteiger partial charge in [-0.3, -0.25) is 4.79 Å². The van der Waals surface area contributed by atoms with Crippen molar-refractivity contribution in [1.29, 1.82) is 0 Å². The lowest BCUT2D eigenvalue weighted by molar-refractivity contribution is 0.0977. The molecular weight excluding hydrogens is 256 g/mol. The summed E-state index contributed by atoms with van der Waals surface area (Å²) in [6.45, 7) is 0. The van der Waals surface area contributed by atoms with Crippen LogP contribution >= 0.6 is 0 Å². The number of ether oxygens (including phenoxy) is 1. The van der Waals surface area contributed by atoms with Gasteiger partial charge in [-0.1, -0.05) is 30.3 Å². The van der Waals surface area contributed by atoms with Crippen molar-refractivity contribution < 1.29 is 19.7 Å². The number of ketones is 1. The van der Waals surface area contributed by atoms with Crippen LogP contribution < -0.4 is 4.74 Å². The minimum atomic E-state index is -0.300. The molecule has 0 unspecified atom stereocenters. The van der Waals surface area contributed by atoms with Crippen molar-refractivity contribution >= 4 is 5.78 Å². The summed E-state index contributed by atoms with van der Waals surface area (Å²) >= 11 is 0. The Morgan fingerprint density at radius 1 is 1.10 bits per heavy atom. The Bertz CT molecular complexity index is 582. The number of carbonyl (C=O) groups is 1. The molecule has 2 N–H and O–H groups in total. The number of hydrogen-bond acceptors (Lipinski definition) is 4. The van der Waals surface area contributed by atoms with Gasteiger partial charge in [0, 0.05) is 18.6 Å². The number of benzene rings is 2. The average molecular weight is 272 g/mol. The Labute approximate surface area is 117 Å². The molecule has 0 saturated heterocycles. The van der Waals surface area contributed by atoms with Crippen LogP contribution in [0.5, 0.6) is 17.2 Å². The zero-order valence-corrected chi connectivity index (χ0v) is 11.2. The molecule has 2 aromatic carbocycles. The molecule has 0 aliphatic carbocycles. The van der Waals surface area contributed by atoms with Crippen LogP contribution in [0, 0.1) is 0 Å². The van der Waals surface area contributed by atoms with E-state index >= 15 is 0 Å². The fourth-order valence-corrected chi connectivity index (χ4v) is 2.02. The lowest BCUT2D eigenvalue weighted by Gasteiger charge is -2.09. The SMILES string of the molecule is COc1cc(O)c(C(=O)CCc2ccccc2)c(O)c1. The fraction of sp³-hybridized carbons (Fsp3) is 0.188. The summed E-state index contributed by atoms with van der Waals surface area (Å²) < 4.78 is 4.91. The molecule has 0 saturated carbocycles. The minimum Gasteiger partial charge on any atom is -0.507 e. The third-order valence-corrected chi connectivity index (χ3v) is 3.07. The number of phenols is 2. The topological polar surface area (TPSA) is 66.8 Å². The van der Waals surface area contributed by atoms with Crippen molar-refractivity contribution in [1.82, 2.24) is 0 Å². The van der Waals surface area contributed by atoms with Crippen LogP contribution in [0.15, 0.2) is 42.5 Å². The number of methoxy groups -OCH3 is 1. The lowest BCUT2D eigenvalue weighted by atomic mass is 10.0. The van der Waals surface area contributed by atoms with Crippen LogP contribution in [0.4, 0.5) is 0 Å². The molecule has 0 fully saturated rings. The first kappa shape index (κ1) is 13.9. The molecule has 4 heteroatoms. The molecule has 0 aromatic heterocycles. The molecule has 0 aliphatic rings. The van der Waals surface area contributed by atoms with E-state index < -0.39 is 0 Å². The molecule has 0 heterocycles. The molecule has 0 atom stereocenters. The number of aromatic hydroxyl groups is 2. The number of carbonyl (C=O) groups excluding carboxylic acids is 1. The maximum absolute atomic E-state index is 12.1. The van der Waals surface area contributed by atoms with Gasteiger partial charge in [-0.15, -0.1) is 0 Å². The van der Waals surface area contributed by atoms with Gasteiger partial charge in [-0.05, 0) is 12.0 Å². The first-order chi connectivity index (χ1) is 9.61. The summed E-state index contributed by atoms with van der Waals surface area (Å²) in [6.07, 6.45) is 0.780. The highest BCUT2D eigenvalue weighted by Gasteiger charge is 2.17. The first-order valence-corrected chi connectivity index (χ1v) is 6.29. The van der Waals surface area contributed by atoms with Gasteiger partial charge in [0.1, 0.15) is 22.8 Å². The van der Waals surface area contributed by atoms with Gasteiger partial charge in [0.25, 0.3) is 0 Å². The van der Waals surface area contributed by atoms with E-state index in [9.17, 15) is 15.0 Å². The van der Waals surface area contributed by atoms with Gasteiger partial charge < -0.3 is 14.9 Å². The molecule has 2 rings (SSSR count).